The van der Waals surface area contributed by atoms with Gasteiger partial charge in [0.25, 0.3) is 0 Å². The normalized spacial score (nSPS) is 18.0. The Morgan fingerprint density at radius 1 is 1.26 bits per heavy atom. The van der Waals surface area contributed by atoms with Gasteiger partial charge in [-0.1, -0.05) is 44.4 Å². The molecule has 0 bridgehead atoms. The molecule has 1 aliphatic carbocycles. The lowest BCUT2D eigenvalue weighted by atomic mass is 9.93. The molecule has 1 aliphatic rings. The molecular formula is C17H27NO. The molecule has 1 aromatic carbocycles. The second-order valence-corrected chi connectivity index (χ2v) is 5.68. The summed E-state index contributed by atoms with van der Waals surface area (Å²) in [4.78, 5) is 0. The molecule has 1 aromatic rings. The van der Waals surface area contributed by atoms with E-state index in [1.807, 2.05) is 37.4 Å². The summed E-state index contributed by atoms with van der Waals surface area (Å²) in [6, 6.07) is 10.1. The van der Waals surface area contributed by atoms with Gasteiger partial charge in [0.1, 0.15) is 12.0 Å². The van der Waals surface area contributed by atoms with E-state index in [4.69, 9.17) is 4.74 Å². The summed E-state index contributed by atoms with van der Waals surface area (Å²) in [6.07, 6.45) is 8.14. The van der Waals surface area contributed by atoms with Gasteiger partial charge in [-0.2, -0.15) is 0 Å². The summed E-state index contributed by atoms with van der Waals surface area (Å²) in [5.41, 5.74) is 0. The summed E-state index contributed by atoms with van der Waals surface area (Å²) in [6.45, 7) is 2.28. The molecular weight excluding hydrogens is 234 g/mol. The predicted molar refractivity (Wildman–Crippen MR) is 80.3 cm³/mol. The Hall–Kier alpha value is -1.02. The van der Waals surface area contributed by atoms with Gasteiger partial charge in [-0.3, -0.25) is 5.32 Å². The van der Waals surface area contributed by atoms with Gasteiger partial charge in [0, 0.05) is 6.42 Å². The predicted octanol–water partition coefficient (Wildman–Crippen LogP) is 4.22. The zero-order chi connectivity index (χ0) is 13.5. The van der Waals surface area contributed by atoms with Crippen molar-refractivity contribution >= 4 is 0 Å². The fourth-order valence-electron chi connectivity index (χ4n) is 2.74. The molecule has 0 radical (unpaired) electrons. The standard InChI is InChI=1S/C17H27NO/c1-3-4-8-15(14-11-12-14)13-17(18-2)19-16-9-6-5-7-10-16/h5-7,9-10,14-15,17-18H,3-4,8,11-13H2,1-2H3. The van der Waals surface area contributed by atoms with Crippen LogP contribution in [0.1, 0.15) is 45.4 Å². The smallest absolute Gasteiger partial charge is 0.150 e. The highest BCUT2D eigenvalue weighted by atomic mass is 16.5. The summed E-state index contributed by atoms with van der Waals surface area (Å²) in [7, 11) is 2.00. The maximum Gasteiger partial charge on any atom is 0.150 e. The van der Waals surface area contributed by atoms with Crippen molar-refractivity contribution in [1.82, 2.24) is 5.32 Å². The maximum atomic E-state index is 6.04. The summed E-state index contributed by atoms with van der Waals surface area (Å²) >= 11 is 0. The minimum absolute atomic E-state index is 0.143. The van der Waals surface area contributed by atoms with Crippen LogP contribution < -0.4 is 10.1 Å². The molecule has 0 amide bonds. The largest absolute Gasteiger partial charge is 0.475 e. The highest BCUT2D eigenvalue weighted by Crippen LogP contribution is 2.41. The van der Waals surface area contributed by atoms with E-state index in [9.17, 15) is 0 Å². The molecule has 2 rings (SSSR count). The van der Waals surface area contributed by atoms with Crippen molar-refractivity contribution in [2.45, 2.75) is 51.7 Å². The summed E-state index contributed by atoms with van der Waals surface area (Å²) in [5, 5.41) is 3.32. The second kappa shape index (κ2) is 7.54. The Bertz CT molecular complexity index is 348. The molecule has 2 atom stereocenters. The number of para-hydroxylation sites is 1. The average Bonchev–Trinajstić information content (AvgIpc) is 3.28. The molecule has 106 valence electrons. The maximum absolute atomic E-state index is 6.04. The molecule has 1 fully saturated rings. The van der Waals surface area contributed by atoms with Crippen LogP contribution >= 0.6 is 0 Å². The monoisotopic (exact) mass is 261 g/mol. The van der Waals surface area contributed by atoms with Crippen molar-refractivity contribution in [1.29, 1.82) is 0 Å². The van der Waals surface area contributed by atoms with Gasteiger partial charge in [0.2, 0.25) is 0 Å². The fourth-order valence-corrected chi connectivity index (χ4v) is 2.74. The molecule has 0 aromatic heterocycles. The van der Waals surface area contributed by atoms with Crippen LogP contribution in [0, 0.1) is 11.8 Å². The van der Waals surface area contributed by atoms with Crippen molar-refractivity contribution in [2.24, 2.45) is 11.8 Å². The zero-order valence-corrected chi connectivity index (χ0v) is 12.3. The van der Waals surface area contributed by atoms with Crippen LogP contribution in [0.25, 0.3) is 0 Å². The Balaban J connectivity index is 1.85. The first kappa shape index (κ1) is 14.4. The van der Waals surface area contributed by atoms with E-state index in [2.05, 4.69) is 12.2 Å². The van der Waals surface area contributed by atoms with Crippen LogP contribution in [0.15, 0.2) is 30.3 Å². The third kappa shape index (κ3) is 4.87. The Morgan fingerprint density at radius 3 is 2.58 bits per heavy atom. The van der Waals surface area contributed by atoms with E-state index in [-0.39, 0.29) is 6.23 Å². The molecule has 2 unspecified atom stereocenters. The van der Waals surface area contributed by atoms with Gasteiger partial charge >= 0.3 is 0 Å². The number of benzene rings is 1. The van der Waals surface area contributed by atoms with Crippen LogP contribution in [0.2, 0.25) is 0 Å². The lowest BCUT2D eigenvalue weighted by Gasteiger charge is -2.24. The number of rotatable bonds is 9. The number of unbranched alkanes of at least 4 members (excludes halogenated alkanes) is 1. The lowest BCUT2D eigenvalue weighted by molar-refractivity contribution is 0.132. The Labute approximate surface area is 117 Å². The summed E-state index contributed by atoms with van der Waals surface area (Å²) in [5.74, 6) is 2.76. The van der Waals surface area contributed by atoms with Crippen molar-refractivity contribution in [2.75, 3.05) is 7.05 Å². The van der Waals surface area contributed by atoms with Crippen molar-refractivity contribution < 1.29 is 4.74 Å². The third-order valence-corrected chi connectivity index (χ3v) is 4.08. The quantitative estimate of drug-likeness (QED) is 0.672. The Kier molecular flexibility index (Phi) is 5.71. The van der Waals surface area contributed by atoms with E-state index < -0.39 is 0 Å². The van der Waals surface area contributed by atoms with Crippen LogP contribution in [0.4, 0.5) is 0 Å². The van der Waals surface area contributed by atoms with Crippen LogP contribution in [0.3, 0.4) is 0 Å². The van der Waals surface area contributed by atoms with Gasteiger partial charge in [-0.15, -0.1) is 0 Å². The highest BCUT2D eigenvalue weighted by Gasteiger charge is 2.32. The van der Waals surface area contributed by atoms with Gasteiger partial charge in [-0.05, 0) is 43.9 Å². The molecule has 1 saturated carbocycles. The third-order valence-electron chi connectivity index (χ3n) is 4.08. The molecule has 0 saturated heterocycles. The topological polar surface area (TPSA) is 21.3 Å². The first-order valence-corrected chi connectivity index (χ1v) is 7.72. The van der Waals surface area contributed by atoms with Crippen LogP contribution in [-0.2, 0) is 0 Å². The minimum atomic E-state index is 0.143. The molecule has 2 heteroatoms. The van der Waals surface area contributed by atoms with Crippen molar-refractivity contribution in [3.63, 3.8) is 0 Å². The summed E-state index contributed by atoms with van der Waals surface area (Å²) < 4.78 is 6.04. The fraction of sp³-hybridized carbons (Fsp3) is 0.647. The van der Waals surface area contributed by atoms with Crippen LogP contribution in [-0.4, -0.2) is 13.3 Å². The number of hydrogen-bond donors (Lipinski definition) is 1. The van der Waals surface area contributed by atoms with E-state index in [0.717, 1.165) is 24.0 Å². The van der Waals surface area contributed by atoms with Gasteiger partial charge in [0.05, 0.1) is 0 Å². The number of nitrogens with one attached hydrogen (secondary N) is 1. The van der Waals surface area contributed by atoms with E-state index in [0.29, 0.717) is 0 Å². The molecule has 2 nitrogen and oxygen atoms in total. The van der Waals surface area contributed by atoms with Crippen molar-refractivity contribution in [3.05, 3.63) is 30.3 Å². The Morgan fingerprint density at radius 2 is 2.00 bits per heavy atom. The van der Waals surface area contributed by atoms with E-state index in [1.54, 1.807) is 0 Å². The van der Waals surface area contributed by atoms with E-state index >= 15 is 0 Å². The second-order valence-electron chi connectivity index (χ2n) is 5.68. The zero-order valence-electron chi connectivity index (χ0n) is 12.3. The number of ether oxygens (including phenoxy) is 1. The average molecular weight is 261 g/mol. The molecule has 0 heterocycles. The molecule has 0 aliphatic heterocycles. The highest BCUT2D eigenvalue weighted by molar-refractivity contribution is 5.21. The molecule has 19 heavy (non-hydrogen) atoms. The van der Waals surface area contributed by atoms with E-state index in [1.165, 1.54) is 32.1 Å². The number of hydrogen-bond acceptors (Lipinski definition) is 2. The molecule has 0 spiro atoms. The van der Waals surface area contributed by atoms with Crippen molar-refractivity contribution in [3.8, 4) is 5.75 Å². The first-order chi connectivity index (χ1) is 9.33. The van der Waals surface area contributed by atoms with Gasteiger partial charge in [-0.25, -0.2) is 0 Å². The lowest BCUT2D eigenvalue weighted by Crippen LogP contribution is -2.34. The first-order valence-electron chi connectivity index (χ1n) is 7.72. The SMILES string of the molecule is CCCCC(CC(NC)Oc1ccccc1)C1CC1. The van der Waals surface area contributed by atoms with Gasteiger partial charge < -0.3 is 4.74 Å². The van der Waals surface area contributed by atoms with Gasteiger partial charge in [0.15, 0.2) is 0 Å². The molecule has 1 N–H and O–H groups in total. The minimum Gasteiger partial charge on any atom is -0.475 e. The van der Waals surface area contributed by atoms with Crippen LogP contribution in [0.5, 0.6) is 5.75 Å².